The van der Waals surface area contributed by atoms with Gasteiger partial charge in [0.2, 0.25) is 5.92 Å². The van der Waals surface area contributed by atoms with Crippen molar-refractivity contribution in [1.82, 2.24) is 4.57 Å². The maximum Gasteiger partial charge on any atom is 0.274 e. The normalized spacial score (nSPS) is 24.7. The highest BCUT2D eigenvalue weighted by atomic mass is 127. The SMILES string of the molecule is O=C(Nc1cccn(C2CCC(F)(F)CC2)c1=O)c1ccc(I)cc1N1CCC2CCC21. The highest BCUT2D eigenvalue weighted by molar-refractivity contribution is 14.1. The molecular formula is C24H26F2IN3O2. The number of amides is 1. The average molecular weight is 553 g/mol. The summed E-state index contributed by atoms with van der Waals surface area (Å²) in [7, 11) is 0. The molecule has 32 heavy (non-hydrogen) atoms. The Hall–Kier alpha value is -1.97. The smallest absolute Gasteiger partial charge is 0.274 e. The molecule has 1 aromatic carbocycles. The summed E-state index contributed by atoms with van der Waals surface area (Å²) in [5.74, 6) is -2.25. The number of aromatic nitrogens is 1. The number of hydrogen-bond donors (Lipinski definition) is 1. The van der Waals surface area contributed by atoms with Crippen LogP contribution in [0.4, 0.5) is 20.2 Å². The van der Waals surface area contributed by atoms with E-state index in [1.54, 1.807) is 18.3 Å². The van der Waals surface area contributed by atoms with Crippen LogP contribution in [-0.4, -0.2) is 29.0 Å². The first kappa shape index (κ1) is 21.9. The van der Waals surface area contributed by atoms with Gasteiger partial charge < -0.3 is 14.8 Å². The fourth-order valence-corrected chi connectivity index (χ4v) is 5.86. The molecule has 1 aliphatic heterocycles. The summed E-state index contributed by atoms with van der Waals surface area (Å²) in [6, 6.07) is 9.27. The van der Waals surface area contributed by atoms with Crippen LogP contribution in [0.1, 0.15) is 61.3 Å². The molecule has 0 spiro atoms. The predicted molar refractivity (Wildman–Crippen MR) is 129 cm³/mol. The van der Waals surface area contributed by atoms with Crippen LogP contribution < -0.4 is 15.8 Å². The number of nitrogens with zero attached hydrogens (tertiary/aromatic N) is 2. The first-order valence-corrected chi connectivity index (χ1v) is 12.4. The number of pyridine rings is 1. The van der Waals surface area contributed by atoms with Crippen LogP contribution in [0.3, 0.4) is 0 Å². The maximum absolute atomic E-state index is 13.5. The van der Waals surface area contributed by atoms with E-state index in [1.165, 1.54) is 11.0 Å². The third-order valence-corrected chi connectivity index (χ3v) is 8.01. The molecule has 5 rings (SSSR count). The number of rotatable bonds is 4. The van der Waals surface area contributed by atoms with Crippen molar-refractivity contribution < 1.29 is 13.6 Å². The summed E-state index contributed by atoms with van der Waals surface area (Å²) in [5, 5.41) is 2.80. The van der Waals surface area contributed by atoms with Gasteiger partial charge in [0.15, 0.2) is 0 Å². The second-order valence-electron chi connectivity index (χ2n) is 9.22. The summed E-state index contributed by atoms with van der Waals surface area (Å²) in [5.41, 5.74) is 1.32. The van der Waals surface area contributed by atoms with Crippen molar-refractivity contribution in [1.29, 1.82) is 0 Å². The minimum absolute atomic E-state index is 0.183. The highest BCUT2D eigenvalue weighted by Gasteiger charge is 2.42. The monoisotopic (exact) mass is 553 g/mol. The second kappa shape index (κ2) is 8.43. The zero-order valence-electron chi connectivity index (χ0n) is 17.7. The van der Waals surface area contributed by atoms with E-state index in [0.29, 0.717) is 17.5 Å². The summed E-state index contributed by atoms with van der Waals surface area (Å²) < 4.78 is 29.6. The van der Waals surface area contributed by atoms with Gasteiger partial charge in [-0.05, 0) is 90.9 Å². The number of hydrogen-bond acceptors (Lipinski definition) is 3. The molecule has 2 heterocycles. The summed E-state index contributed by atoms with van der Waals surface area (Å²) in [6.45, 7) is 0.945. The molecule has 1 N–H and O–H groups in total. The topological polar surface area (TPSA) is 54.3 Å². The number of fused-ring (bicyclic) bond motifs is 1. The summed E-state index contributed by atoms with van der Waals surface area (Å²) in [6.07, 6.45) is 5.26. The molecule has 170 valence electrons. The molecule has 2 aromatic rings. The van der Waals surface area contributed by atoms with Gasteiger partial charge in [-0.1, -0.05) is 0 Å². The fourth-order valence-electron chi connectivity index (χ4n) is 5.39. The summed E-state index contributed by atoms with van der Waals surface area (Å²) >= 11 is 2.26. The van der Waals surface area contributed by atoms with Crippen LogP contribution in [-0.2, 0) is 0 Å². The largest absolute Gasteiger partial charge is 0.368 e. The first-order chi connectivity index (χ1) is 15.3. The number of anilines is 2. The maximum atomic E-state index is 13.5. The van der Waals surface area contributed by atoms with Crippen LogP contribution in [0.25, 0.3) is 0 Å². The number of alkyl halides is 2. The molecule has 8 heteroatoms. The molecule has 1 saturated heterocycles. The zero-order chi connectivity index (χ0) is 22.5. The van der Waals surface area contributed by atoms with Crippen LogP contribution in [0.2, 0.25) is 0 Å². The lowest BCUT2D eigenvalue weighted by Crippen LogP contribution is -2.40. The number of halogens is 3. The Morgan fingerprint density at radius 3 is 2.56 bits per heavy atom. The Morgan fingerprint density at radius 2 is 1.88 bits per heavy atom. The van der Waals surface area contributed by atoms with Gasteiger partial charge >= 0.3 is 0 Å². The van der Waals surface area contributed by atoms with Crippen molar-refractivity contribution in [2.45, 2.75) is 63.0 Å². The first-order valence-electron chi connectivity index (χ1n) is 11.3. The quantitative estimate of drug-likeness (QED) is 0.513. The molecule has 1 amide bonds. The molecule has 5 nitrogen and oxygen atoms in total. The number of benzene rings is 1. The average Bonchev–Trinajstić information content (AvgIpc) is 3.03. The van der Waals surface area contributed by atoms with Crippen molar-refractivity contribution in [3.05, 3.63) is 56.0 Å². The van der Waals surface area contributed by atoms with E-state index >= 15 is 0 Å². The van der Waals surface area contributed by atoms with Gasteiger partial charge in [-0.15, -0.1) is 0 Å². The van der Waals surface area contributed by atoms with E-state index in [2.05, 4.69) is 32.8 Å². The number of carbonyl (C=O) groups is 1. The van der Waals surface area contributed by atoms with Gasteiger partial charge in [0.05, 0.1) is 11.3 Å². The summed E-state index contributed by atoms with van der Waals surface area (Å²) in [4.78, 5) is 28.6. The van der Waals surface area contributed by atoms with Crippen molar-refractivity contribution in [3.8, 4) is 0 Å². The molecule has 2 unspecified atom stereocenters. The van der Waals surface area contributed by atoms with Crippen LogP contribution in [0.15, 0.2) is 41.3 Å². The predicted octanol–water partition coefficient (Wildman–Crippen LogP) is 5.44. The Labute approximate surface area is 199 Å². The minimum atomic E-state index is -2.65. The van der Waals surface area contributed by atoms with E-state index < -0.39 is 5.92 Å². The van der Waals surface area contributed by atoms with E-state index in [4.69, 9.17) is 0 Å². The third-order valence-electron chi connectivity index (χ3n) is 7.34. The van der Waals surface area contributed by atoms with Crippen LogP contribution in [0.5, 0.6) is 0 Å². The van der Waals surface area contributed by atoms with Crippen molar-refractivity contribution in [2.75, 3.05) is 16.8 Å². The Balaban J connectivity index is 1.39. The molecule has 0 radical (unpaired) electrons. The Morgan fingerprint density at radius 1 is 1.09 bits per heavy atom. The lowest BCUT2D eigenvalue weighted by Gasteiger charge is -2.38. The molecule has 1 aromatic heterocycles. The Bertz CT molecular complexity index is 1090. The molecule has 2 aliphatic carbocycles. The van der Waals surface area contributed by atoms with Gasteiger partial charge in [0, 0.05) is 41.2 Å². The second-order valence-corrected chi connectivity index (χ2v) is 10.5. The van der Waals surface area contributed by atoms with Gasteiger partial charge in [-0.3, -0.25) is 9.59 Å². The molecule has 3 fully saturated rings. The Kier molecular flexibility index (Phi) is 5.75. The van der Waals surface area contributed by atoms with E-state index in [9.17, 15) is 18.4 Å². The standard InChI is InChI=1S/C24H26F2IN3O2/c25-24(26)10-7-17(8-11-24)29-12-1-2-19(23(29)32)28-22(31)18-5-4-16(27)14-21(18)30-13-9-15-3-6-20(15)30/h1-2,4-5,12,14-15,17,20H,3,6-11,13H2,(H,28,31). The fraction of sp³-hybridized carbons (Fsp3) is 0.500. The lowest BCUT2D eigenvalue weighted by atomic mass is 9.80. The van der Waals surface area contributed by atoms with Crippen LogP contribution in [0, 0.1) is 9.49 Å². The number of nitrogens with one attached hydrogen (secondary N) is 1. The molecular weight excluding hydrogens is 527 g/mol. The lowest BCUT2D eigenvalue weighted by molar-refractivity contribution is -0.0442. The molecule has 2 atom stereocenters. The molecule has 2 saturated carbocycles. The highest BCUT2D eigenvalue weighted by Crippen LogP contribution is 2.44. The van der Waals surface area contributed by atoms with Gasteiger partial charge in [-0.25, -0.2) is 8.78 Å². The van der Waals surface area contributed by atoms with E-state index in [0.717, 1.165) is 28.6 Å². The van der Waals surface area contributed by atoms with Gasteiger partial charge in [-0.2, -0.15) is 0 Å². The van der Waals surface area contributed by atoms with Crippen molar-refractivity contribution in [2.24, 2.45) is 5.92 Å². The molecule has 0 bridgehead atoms. The number of carbonyl (C=O) groups excluding carboxylic acids is 1. The van der Waals surface area contributed by atoms with Crippen molar-refractivity contribution >= 4 is 39.9 Å². The third kappa shape index (κ3) is 4.06. The van der Waals surface area contributed by atoms with E-state index in [1.807, 2.05) is 18.2 Å². The van der Waals surface area contributed by atoms with Gasteiger partial charge in [0.25, 0.3) is 11.5 Å². The van der Waals surface area contributed by atoms with E-state index in [-0.39, 0.29) is 48.9 Å². The minimum Gasteiger partial charge on any atom is -0.368 e. The van der Waals surface area contributed by atoms with Gasteiger partial charge in [0.1, 0.15) is 5.69 Å². The molecule has 3 aliphatic rings. The van der Waals surface area contributed by atoms with Crippen molar-refractivity contribution in [3.63, 3.8) is 0 Å². The zero-order valence-corrected chi connectivity index (χ0v) is 19.9. The van der Waals surface area contributed by atoms with Crippen LogP contribution >= 0.6 is 22.6 Å².